The Morgan fingerprint density at radius 3 is 2.07 bits per heavy atom. The molecule has 84 valence electrons. The maximum atomic E-state index is 13.7. The second kappa shape index (κ2) is 4.50. The second-order valence-electron chi connectivity index (χ2n) is 3.53. The summed E-state index contributed by atoms with van der Waals surface area (Å²) in [5, 5.41) is -3.01. The molecule has 1 aliphatic carbocycles. The monoisotopic (exact) mass is 356 g/mol. The summed E-state index contributed by atoms with van der Waals surface area (Å²) in [6.07, 6.45) is 2.74. The van der Waals surface area contributed by atoms with E-state index in [1.807, 2.05) is 15.9 Å². The molecule has 1 fully saturated rings. The fourth-order valence-electron chi connectivity index (χ4n) is 1.70. The lowest BCUT2D eigenvalue weighted by Gasteiger charge is -2.37. The van der Waals surface area contributed by atoms with Gasteiger partial charge in [-0.1, -0.05) is 40.4 Å². The van der Waals surface area contributed by atoms with Crippen LogP contribution in [0.4, 0.5) is 13.2 Å². The van der Waals surface area contributed by atoms with Crippen molar-refractivity contribution in [3.05, 3.63) is 0 Å². The normalized spacial score (nSPS) is 33.9. The highest BCUT2D eigenvalue weighted by molar-refractivity contribution is 9.10. The van der Waals surface area contributed by atoms with Gasteiger partial charge in [0.25, 0.3) is 5.13 Å². The molecule has 0 amide bonds. The van der Waals surface area contributed by atoms with Gasteiger partial charge >= 0.3 is 4.83 Å². The molecule has 0 unspecified atom stereocenters. The molecule has 1 rings (SSSR count). The standard InChI is InChI=1S/C8H10Br2ClF3/c9-6-4-2-1-3-5(6)7(11,12)8(10,13)14/h5-6H,1-4H2/t5-,6-,7-/m1/s1. The largest absolute Gasteiger partial charge is 0.348 e. The quantitative estimate of drug-likeness (QED) is 0.620. The zero-order valence-corrected chi connectivity index (χ0v) is 11.2. The molecule has 1 saturated carbocycles. The van der Waals surface area contributed by atoms with Crippen LogP contribution >= 0.6 is 43.5 Å². The Balaban J connectivity index is 2.79. The fraction of sp³-hybridized carbons (Fsp3) is 1.00. The average molecular weight is 358 g/mol. The molecule has 0 radical (unpaired) electrons. The average Bonchev–Trinajstić information content (AvgIpc) is 2.02. The van der Waals surface area contributed by atoms with Crippen LogP contribution in [0.15, 0.2) is 0 Å². The molecule has 0 saturated heterocycles. The lowest BCUT2D eigenvalue weighted by molar-refractivity contribution is -0.0447. The van der Waals surface area contributed by atoms with Crippen molar-refractivity contribution in [2.45, 2.75) is 40.5 Å². The molecule has 1 aliphatic rings. The predicted octanol–water partition coefficient (Wildman–Crippen LogP) is 4.83. The molecule has 0 aromatic rings. The van der Waals surface area contributed by atoms with E-state index in [4.69, 9.17) is 11.6 Å². The van der Waals surface area contributed by atoms with Crippen LogP contribution in [-0.4, -0.2) is 14.8 Å². The van der Waals surface area contributed by atoms with E-state index in [2.05, 4.69) is 15.9 Å². The Morgan fingerprint density at radius 1 is 1.14 bits per heavy atom. The summed E-state index contributed by atoms with van der Waals surface area (Å²) in [6.45, 7) is 0. The van der Waals surface area contributed by atoms with Gasteiger partial charge in [0.2, 0.25) is 0 Å². The summed E-state index contributed by atoms with van der Waals surface area (Å²) in [7, 11) is 0. The highest BCUT2D eigenvalue weighted by Gasteiger charge is 2.58. The summed E-state index contributed by atoms with van der Waals surface area (Å²) < 4.78 is 39.4. The molecule has 14 heavy (non-hydrogen) atoms. The van der Waals surface area contributed by atoms with Crippen molar-refractivity contribution >= 4 is 43.5 Å². The van der Waals surface area contributed by atoms with E-state index in [0.717, 1.165) is 12.8 Å². The van der Waals surface area contributed by atoms with Crippen molar-refractivity contribution in [1.82, 2.24) is 0 Å². The number of halogens is 6. The fourth-order valence-corrected chi connectivity index (χ4v) is 3.36. The minimum atomic E-state index is -3.68. The van der Waals surface area contributed by atoms with Crippen molar-refractivity contribution in [1.29, 1.82) is 0 Å². The van der Waals surface area contributed by atoms with Crippen LogP contribution in [0.1, 0.15) is 25.7 Å². The van der Waals surface area contributed by atoms with Crippen LogP contribution in [0.2, 0.25) is 0 Å². The Kier molecular flexibility index (Phi) is 4.21. The first-order valence-corrected chi connectivity index (χ1v) is 6.44. The summed E-state index contributed by atoms with van der Waals surface area (Å²) in [4.78, 5) is -3.96. The van der Waals surface area contributed by atoms with E-state index < -0.39 is 15.9 Å². The molecule has 0 bridgehead atoms. The number of hydrogen-bond donors (Lipinski definition) is 0. The van der Waals surface area contributed by atoms with Gasteiger partial charge in [-0.2, -0.15) is 8.78 Å². The minimum absolute atomic E-state index is 0.276. The molecular formula is C8H10Br2ClF3. The molecular weight excluding hydrogens is 348 g/mol. The SMILES string of the molecule is FC(F)(Br)[C@@](F)(Cl)[C@@H]1CCCC[C@H]1Br. The molecule has 0 aromatic carbocycles. The van der Waals surface area contributed by atoms with Gasteiger partial charge < -0.3 is 0 Å². The highest BCUT2D eigenvalue weighted by Crippen LogP contribution is 2.52. The van der Waals surface area contributed by atoms with E-state index in [9.17, 15) is 13.2 Å². The molecule has 0 aliphatic heterocycles. The van der Waals surface area contributed by atoms with Crippen LogP contribution in [0.25, 0.3) is 0 Å². The molecule has 0 spiro atoms. The van der Waals surface area contributed by atoms with Gasteiger partial charge in [-0.25, -0.2) is 4.39 Å². The van der Waals surface area contributed by atoms with Crippen molar-refractivity contribution in [2.24, 2.45) is 5.92 Å². The molecule has 0 N–H and O–H groups in total. The van der Waals surface area contributed by atoms with Crippen LogP contribution in [0, 0.1) is 5.92 Å². The molecule has 6 heteroatoms. The van der Waals surface area contributed by atoms with Crippen molar-refractivity contribution in [3.8, 4) is 0 Å². The topological polar surface area (TPSA) is 0 Å². The Labute approximate surface area is 103 Å². The van der Waals surface area contributed by atoms with Crippen LogP contribution < -0.4 is 0 Å². The van der Waals surface area contributed by atoms with E-state index in [-0.39, 0.29) is 4.83 Å². The third kappa shape index (κ3) is 2.59. The summed E-state index contributed by atoms with van der Waals surface area (Å²) in [5.74, 6) is -0.854. The first kappa shape index (κ1) is 13.1. The van der Waals surface area contributed by atoms with Crippen molar-refractivity contribution in [3.63, 3.8) is 0 Å². The van der Waals surface area contributed by atoms with Gasteiger partial charge in [-0.05, 0) is 28.8 Å². The van der Waals surface area contributed by atoms with E-state index in [1.165, 1.54) is 0 Å². The number of rotatable bonds is 2. The summed E-state index contributed by atoms with van der Waals surface area (Å²) in [5.41, 5.74) is 0. The van der Waals surface area contributed by atoms with E-state index in [1.54, 1.807) is 0 Å². The van der Waals surface area contributed by atoms with Gasteiger partial charge in [0.05, 0.1) is 0 Å². The van der Waals surface area contributed by atoms with Crippen LogP contribution in [0.3, 0.4) is 0 Å². The van der Waals surface area contributed by atoms with Gasteiger partial charge in [-0.15, -0.1) is 0 Å². The molecule has 0 heterocycles. The Bertz CT molecular complexity index is 205. The maximum Gasteiger partial charge on any atom is 0.348 e. The number of hydrogen-bond acceptors (Lipinski definition) is 0. The Hall–Kier alpha value is 1.04. The first-order chi connectivity index (χ1) is 6.27. The molecule has 0 nitrogen and oxygen atoms in total. The van der Waals surface area contributed by atoms with E-state index >= 15 is 0 Å². The third-order valence-electron chi connectivity index (χ3n) is 2.53. The summed E-state index contributed by atoms with van der Waals surface area (Å²) >= 11 is 10.5. The highest BCUT2D eigenvalue weighted by atomic mass is 79.9. The Morgan fingerprint density at radius 2 is 1.64 bits per heavy atom. The predicted molar refractivity (Wildman–Crippen MR) is 58.2 cm³/mol. The molecule has 3 atom stereocenters. The van der Waals surface area contributed by atoms with Crippen LogP contribution in [0.5, 0.6) is 0 Å². The van der Waals surface area contributed by atoms with Gasteiger partial charge in [0.15, 0.2) is 0 Å². The first-order valence-electron chi connectivity index (χ1n) is 4.35. The number of alkyl halides is 6. The van der Waals surface area contributed by atoms with Crippen molar-refractivity contribution in [2.75, 3.05) is 0 Å². The zero-order valence-electron chi connectivity index (χ0n) is 7.25. The van der Waals surface area contributed by atoms with Gasteiger partial charge in [0.1, 0.15) is 0 Å². The maximum absolute atomic E-state index is 13.7. The van der Waals surface area contributed by atoms with Gasteiger partial charge in [-0.3, -0.25) is 0 Å². The smallest absolute Gasteiger partial charge is 0.218 e. The van der Waals surface area contributed by atoms with Crippen LogP contribution in [-0.2, 0) is 0 Å². The third-order valence-corrected chi connectivity index (χ3v) is 4.94. The zero-order chi connectivity index (χ0) is 11.0. The van der Waals surface area contributed by atoms with Crippen molar-refractivity contribution < 1.29 is 13.2 Å². The molecule has 0 aromatic heterocycles. The minimum Gasteiger partial charge on any atom is -0.218 e. The lowest BCUT2D eigenvalue weighted by atomic mass is 9.85. The second-order valence-corrected chi connectivity index (χ2v) is 6.25. The lowest BCUT2D eigenvalue weighted by Crippen LogP contribution is -2.46. The van der Waals surface area contributed by atoms with Gasteiger partial charge in [0, 0.05) is 10.7 Å². The summed E-state index contributed by atoms with van der Waals surface area (Å²) in [6, 6.07) is 0. The van der Waals surface area contributed by atoms with E-state index in [0.29, 0.717) is 12.8 Å².